The van der Waals surface area contributed by atoms with Crippen molar-refractivity contribution < 1.29 is 14.4 Å². The molecule has 1 heterocycles. The van der Waals surface area contributed by atoms with E-state index in [4.69, 9.17) is 4.42 Å². The molecule has 3 rings (SSSR count). The number of anilines is 1. The number of fused-ring (bicyclic) bond motifs is 1. The number of rotatable bonds is 9. The van der Waals surface area contributed by atoms with E-state index in [0.717, 1.165) is 37.7 Å². The van der Waals surface area contributed by atoms with E-state index in [2.05, 4.69) is 17.5 Å². The van der Waals surface area contributed by atoms with Crippen LogP contribution in [0, 0.1) is 10.1 Å². The fourth-order valence-corrected chi connectivity index (χ4v) is 3.26. The van der Waals surface area contributed by atoms with Gasteiger partial charge in [0.2, 0.25) is 0 Å². The maximum atomic E-state index is 12.4. The zero-order chi connectivity index (χ0) is 22.4. The number of nitro benzene ring substituents is 1. The molecule has 8 heteroatoms. The lowest BCUT2D eigenvalue weighted by Crippen LogP contribution is -2.13. The Morgan fingerprint density at radius 3 is 2.58 bits per heavy atom. The minimum Gasteiger partial charge on any atom is -0.508 e. The molecular weight excluding hydrogens is 398 g/mol. The van der Waals surface area contributed by atoms with E-state index in [1.54, 1.807) is 13.0 Å². The fourth-order valence-electron chi connectivity index (χ4n) is 3.26. The van der Waals surface area contributed by atoms with Crippen molar-refractivity contribution in [3.63, 3.8) is 0 Å². The molecule has 0 saturated heterocycles. The number of phenols is 1. The van der Waals surface area contributed by atoms with Gasteiger partial charge in [-0.3, -0.25) is 15.5 Å². The van der Waals surface area contributed by atoms with Gasteiger partial charge in [-0.05, 0) is 49.6 Å². The molecule has 3 aromatic rings. The molecule has 8 nitrogen and oxygen atoms in total. The normalized spacial score (nSPS) is 11.6. The molecule has 2 aromatic carbocycles. The molecular formula is C23H25N3O5. The van der Waals surface area contributed by atoms with Crippen LogP contribution >= 0.6 is 0 Å². The van der Waals surface area contributed by atoms with Gasteiger partial charge in [0, 0.05) is 23.6 Å². The number of unbranched alkanes of at least 4 members (excludes halogenated alkanes) is 3. The Hall–Kier alpha value is -3.68. The summed E-state index contributed by atoms with van der Waals surface area (Å²) in [5, 5.41) is 25.9. The topological polar surface area (TPSA) is 118 Å². The van der Waals surface area contributed by atoms with E-state index in [1.165, 1.54) is 30.3 Å². The summed E-state index contributed by atoms with van der Waals surface area (Å²) in [5.74, 6) is 0.130. The van der Waals surface area contributed by atoms with Gasteiger partial charge >= 0.3 is 5.63 Å². The number of aromatic hydroxyl groups is 1. The van der Waals surface area contributed by atoms with Crippen LogP contribution in [0.4, 0.5) is 11.4 Å². The van der Waals surface area contributed by atoms with Gasteiger partial charge in [0.25, 0.3) is 5.69 Å². The van der Waals surface area contributed by atoms with Crippen molar-refractivity contribution in [3.05, 3.63) is 74.1 Å². The van der Waals surface area contributed by atoms with Gasteiger partial charge in [-0.25, -0.2) is 4.79 Å². The number of phenolic OH excluding ortho intramolecular Hbond substituents is 1. The van der Waals surface area contributed by atoms with Crippen LogP contribution in [0.5, 0.6) is 5.75 Å². The van der Waals surface area contributed by atoms with Crippen LogP contribution in [-0.2, 0) is 6.42 Å². The molecule has 1 aromatic heterocycles. The first-order valence-corrected chi connectivity index (χ1v) is 10.2. The summed E-state index contributed by atoms with van der Waals surface area (Å²) < 4.78 is 5.39. The predicted molar refractivity (Wildman–Crippen MR) is 121 cm³/mol. The van der Waals surface area contributed by atoms with Gasteiger partial charge in [-0.2, -0.15) is 5.10 Å². The third-order valence-corrected chi connectivity index (χ3v) is 5.05. The average Bonchev–Trinajstić information content (AvgIpc) is 2.75. The molecule has 2 N–H and O–H groups in total. The number of aryl methyl sites for hydroxylation is 1. The van der Waals surface area contributed by atoms with E-state index in [0.29, 0.717) is 27.9 Å². The molecule has 0 radical (unpaired) electrons. The molecule has 0 fully saturated rings. The molecule has 0 unspecified atom stereocenters. The summed E-state index contributed by atoms with van der Waals surface area (Å²) in [6.07, 6.45) is 5.14. The highest BCUT2D eigenvalue weighted by Gasteiger charge is 2.12. The third kappa shape index (κ3) is 5.48. The molecule has 0 saturated carbocycles. The SMILES string of the molecule is CCCCCCc1cc2cc(/C(C)=N/Nc3ccc([N+](=O)[O-])cc3)c(=O)oc2cc1O. The summed E-state index contributed by atoms with van der Waals surface area (Å²) in [6.45, 7) is 3.82. The number of hydrogen-bond donors (Lipinski definition) is 2. The van der Waals surface area contributed by atoms with E-state index in [1.807, 2.05) is 6.07 Å². The molecule has 0 atom stereocenters. The van der Waals surface area contributed by atoms with Crippen LogP contribution in [0.2, 0.25) is 0 Å². The Bertz CT molecular complexity index is 1170. The molecule has 0 aliphatic rings. The lowest BCUT2D eigenvalue weighted by atomic mass is 10.0. The summed E-state index contributed by atoms with van der Waals surface area (Å²) >= 11 is 0. The minimum atomic E-state index is -0.561. The molecule has 0 aliphatic carbocycles. The van der Waals surface area contributed by atoms with Gasteiger partial charge in [0.1, 0.15) is 11.3 Å². The summed E-state index contributed by atoms with van der Waals surface area (Å²) in [7, 11) is 0. The van der Waals surface area contributed by atoms with Crippen LogP contribution in [0.3, 0.4) is 0 Å². The second-order valence-electron chi connectivity index (χ2n) is 7.39. The van der Waals surface area contributed by atoms with Crippen LogP contribution < -0.4 is 11.1 Å². The number of benzene rings is 2. The monoisotopic (exact) mass is 423 g/mol. The standard InChI is InChI=1S/C23H25N3O5/c1-3-4-5-6-7-16-12-17-13-20(23(28)31-22(17)14-21(16)27)15(2)24-25-18-8-10-19(11-9-18)26(29)30/h8-14,25,27H,3-7H2,1-2H3/b24-15+. The van der Waals surface area contributed by atoms with Crippen molar-refractivity contribution >= 4 is 28.1 Å². The largest absolute Gasteiger partial charge is 0.508 e. The van der Waals surface area contributed by atoms with E-state index in [9.17, 15) is 20.0 Å². The number of hydrazone groups is 1. The molecule has 0 bridgehead atoms. The van der Waals surface area contributed by atoms with Crippen LogP contribution in [0.25, 0.3) is 11.0 Å². The quantitative estimate of drug-likeness (QED) is 0.157. The zero-order valence-electron chi connectivity index (χ0n) is 17.6. The second-order valence-corrected chi connectivity index (χ2v) is 7.39. The third-order valence-electron chi connectivity index (χ3n) is 5.05. The highest BCUT2D eigenvalue weighted by molar-refractivity contribution is 6.01. The number of nitro groups is 1. The highest BCUT2D eigenvalue weighted by atomic mass is 16.6. The van der Waals surface area contributed by atoms with E-state index in [-0.39, 0.29) is 11.4 Å². The van der Waals surface area contributed by atoms with Gasteiger partial charge in [0.15, 0.2) is 0 Å². The first-order chi connectivity index (χ1) is 14.9. The zero-order valence-corrected chi connectivity index (χ0v) is 17.6. The van der Waals surface area contributed by atoms with Crippen LogP contribution in [-0.4, -0.2) is 15.7 Å². The number of nitrogens with zero attached hydrogens (tertiary/aromatic N) is 2. The van der Waals surface area contributed by atoms with Gasteiger partial charge in [-0.1, -0.05) is 26.2 Å². The average molecular weight is 423 g/mol. The van der Waals surface area contributed by atoms with Crippen molar-refractivity contribution in [2.75, 3.05) is 5.43 Å². The summed E-state index contributed by atoms with van der Waals surface area (Å²) in [6, 6.07) is 10.8. The van der Waals surface area contributed by atoms with E-state index >= 15 is 0 Å². The lowest BCUT2D eigenvalue weighted by Gasteiger charge is -2.08. The number of hydrogen-bond acceptors (Lipinski definition) is 7. The molecule has 0 spiro atoms. The Kier molecular flexibility index (Phi) is 7.02. The van der Waals surface area contributed by atoms with Gasteiger partial charge in [-0.15, -0.1) is 0 Å². The molecule has 162 valence electrons. The lowest BCUT2D eigenvalue weighted by molar-refractivity contribution is -0.384. The minimum absolute atomic E-state index is 0.0184. The summed E-state index contributed by atoms with van der Waals surface area (Å²) in [5.41, 5.74) is 4.61. The van der Waals surface area contributed by atoms with Crippen molar-refractivity contribution in [1.82, 2.24) is 0 Å². The van der Waals surface area contributed by atoms with Gasteiger partial charge < -0.3 is 9.52 Å². The Balaban J connectivity index is 1.83. The number of non-ortho nitro benzene ring substituents is 1. The first-order valence-electron chi connectivity index (χ1n) is 10.2. The smallest absolute Gasteiger partial charge is 0.345 e. The Morgan fingerprint density at radius 2 is 1.90 bits per heavy atom. The van der Waals surface area contributed by atoms with Crippen molar-refractivity contribution in [2.24, 2.45) is 5.10 Å². The fraction of sp³-hybridized carbons (Fsp3) is 0.304. The number of nitrogens with one attached hydrogen (secondary N) is 1. The Labute approximate surface area is 179 Å². The maximum Gasteiger partial charge on any atom is 0.345 e. The van der Waals surface area contributed by atoms with E-state index < -0.39 is 10.5 Å². The van der Waals surface area contributed by atoms with Crippen molar-refractivity contribution in [2.45, 2.75) is 46.0 Å². The van der Waals surface area contributed by atoms with Crippen molar-refractivity contribution in [1.29, 1.82) is 0 Å². The van der Waals surface area contributed by atoms with Crippen LogP contribution in [0.1, 0.15) is 50.7 Å². The molecule has 0 aliphatic heterocycles. The van der Waals surface area contributed by atoms with Gasteiger partial charge in [0.05, 0.1) is 21.9 Å². The predicted octanol–water partition coefficient (Wildman–Crippen LogP) is 5.37. The maximum absolute atomic E-state index is 12.4. The Morgan fingerprint density at radius 1 is 1.16 bits per heavy atom. The first kappa shape index (κ1) is 22.0. The highest BCUT2D eigenvalue weighted by Crippen LogP contribution is 2.26. The summed E-state index contributed by atoms with van der Waals surface area (Å²) in [4.78, 5) is 22.7. The molecule has 31 heavy (non-hydrogen) atoms. The van der Waals surface area contributed by atoms with Crippen molar-refractivity contribution in [3.8, 4) is 5.75 Å². The van der Waals surface area contributed by atoms with Crippen LogP contribution in [0.15, 0.2) is 56.8 Å². The molecule has 0 amide bonds. The second kappa shape index (κ2) is 9.88.